The topological polar surface area (TPSA) is 0 Å². The first kappa shape index (κ1) is 30.2. The molecule has 0 unspecified atom stereocenters. The van der Waals surface area contributed by atoms with Crippen LogP contribution < -0.4 is 0 Å². The molecule has 0 heteroatoms. The van der Waals surface area contributed by atoms with Gasteiger partial charge in [0.25, 0.3) is 0 Å². The molecule has 0 fully saturated rings. The maximum Gasteiger partial charge on any atom is 0.0165 e. The summed E-state index contributed by atoms with van der Waals surface area (Å²) in [6, 6.07) is 67.7. The van der Waals surface area contributed by atoms with Crippen molar-refractivity contribution in [2.24, 2.45) is 0 Å². The fraction of sp³-hybridized carbons (Fsp3) is 0.0566. The van der Waals surface area contributed by atoms with Gasteiger partial charge in [-0.05, 0) is 122 Å². The van der Waals surface area contributed by atoms with Crippen LogP contribution in [0, 0.1) is 0 Å². The van der Waals surface area contributed by atoms with Crippen molar-refractivity contribution in [2.75, 3.05) is 0 Å². The van der Waals surface area contributed by atoms with E-state index >= 15 is 0 Å². The van der Waals surface area contributed by atoms with Crippen LogP contribution in [0.5, 0.6) is 0 Å². The average Bonchev–Trinajstić information content (AvgIpc) is 3.46. The lowest BCUT2D eigenvalue weighted by molar-refractivity contribution is 0.667. The largest absolute Gasteiger partial charge is 0.0622 e. The first-order valence-electron chi connectivity index (χ1n) is 18.7. The maximum atomic E-state index is 2.56. The highest BCUT2D eigenvalue weighted by atomic mass is 14.4. The highest BCUT2D eigenvalue weighted by Gasteiger charge is 2.40. The Morgan fingerprint density at radius 3 is 1.30 bits per heavy atom. The molecule has 0 bridgehead atoms. The van der Waals surface area contributed by atoms with E-state index in [-0.39, 0.29) is 5.41 Å². The van der Waals surface area contributed by atoms with Crippen molar-refractivity contribution in [3.63, 3.8) is 0 Å². The van der Waals surface area contributed by atoms with E-state index in [2.05, 4.69) is 196 Å². The van der Waals surface area contributed by atoms with Gasteiger partial charge >= 0.3 is 0 Å². The smallest absolute Gasteiger partial charge is 0.0165 e. The van der Waals surface area contributed by atoms with E-state index in [1.807, 2.05) is 0 Å². The molecule has 0 N–H and O–H groups in total. The van der Waals surface area contributed by atoms with Gasteiger partial charge in [0.2, 0.25) is 0 Å². The third-order valence-electron chi connectivity index (χ3n) is 12.0. The van der Waals surface area contributed by atoms with E-state index in [1.54, 1.807) is 0 Å². The molecule has 0 nitrogen and oxygen atoms in total. The molecule has 0 spiro atoms. The number of fused-ring (bicyclic) bond motifs is 12. The zero-order valence-corrected chi connectivity index (χ0v) is 29.8. The second-order valence-corrected chi connectivity index (χ2v) is 15.1. The molecule has 1 aliphatic rings. The molecule has 0 atom stereocenters. The molecule has 10 aromatic rings. The fourth-order valence-electron chi connectivity index (χ4n) is 9.74. The third kappa shape index (κ3) is 4.24. The number of benzene rings is 10. The van der Waals surface area contributed by atoms with Gasteiger partial charge in [0.15, 0.2) is 0 Å². The molecular weight excluding hydrogens is 637 g/mol. The van der Waals surface area contributed by atoms with Crippen LogP contribution in [0.2, 0.25) is 0 Å². The van der Waals surface area contributed by atoms with Gasteiger partial charge in [-0.25, -0.2) is 0 Å². The number of rotatable bonds is 3. The van der Waals surface area contributed by atoms with Gasteiger partial charge in [-0.3, -0.25) is 0 Å². The molecule has 0 aromatic heterocycles. The van der Waals surface area contributed by atoms with Gasteiger partial charge in [0.05, 0.1) is 0 Å². The number of hydrogen-bond acceptors (Lipinski definition) is 0. The average molecular weight is 673 g/mol. The molecule has 0 saturated carbocycles. The molecule has 11 rings (SSSR count). The van der Waals surface area contributed by atoms with Crippen LogP contribution in [0.3, 0.4) is 0 Å². The van der Waals surface area contributed by atoms with Crippen LogP contribution in [0.4, 0.5) is 0 Å². The third-order valence-corrected chi connectivity index (χ3v) is 12.0. The Hall–Kier alpha value is -6.50. The molecule has 0 saturated heterocycles. The van der Waals surface area contributed by atoms with Crippen molar-refractivity contribution in [1.29, 1.82) is 0 Å². The summed E-state index contributed by atoms with van der Waals surface area (Å²) in [6.45, 7) is 4.88. The summed E-state index contributed by atoms with van der Waals surface area (Å²) in [5, 5.41) is 13.1. The van der Waals surface area contributed by atoms with Crippen LogP contribution in [0.15, 0.2) is 182 Å². The van der Waals surface area contributed by atoms with Gasteiger partial charge in [0, 0.05) is 5.41 Å². The predicted molar refractivity (Wildman–Crippen MR) is 228 cm³/mol. The molecule has 0 radical (unpaired) electrons. The van der Waals surface area contributed by atoms with Crippen molar-refractivity contribution in [3.8, 4) is 44.5 Å². The van der Waals surface area contributed by atoms with Crippen molar-refractivity contribution >= 4 is 53.9 Å². The Morgan fingerprint density at radius 2 is 0.698 bits per heavy atom. The first-order valence-corrected chi connectivity index (χ1v) is 18.7. The molecule has 10 aromatic carbocycles. The summed E-state index contributed by atoms with van der Waals surface area (Å²) in [6.07, 6.45) is 0. The lowest BCUT2D eigenvalue weighted by Crippen LogP contribution is -2.16. The highest BCUT2D eigenvalue weighted by Crippen LogP contribution is 2.58. The summed E-state index contributed by atoms with van der Waals surface area (Å²) in [7, 11) is 0. The quantitative estimate of drug-likeness (QED) is 0.129. The van der Waals surface area contributed by atoms with Crippen LogP contribution in [0.1, 0.15) is 25.0 Å². The maximum absolute atomic E-state index is 2.56. The molecule has 1 aliphatic carbocycles. The molecular formula is C53H36. The molecule has 0 aliphatic heterocycles. The minimum Gasteiger partial charge on any atom is -0.0622 e. The zero-order chi connectivity index (χ0) is 35.3. The van der Waals surface area contributed by atoms with Crippen molar-refractivity contribution in [3.05, 3.63) is 193 Å². The van der Waals surface area contributed by atoms with E-state index < -0.39 is 0 Å². The summed E-state index contributed by atoms with van der Waals surface area (Å²) < 4.78 is 0. The standard InChI is InChI=1S/C53H36/c1-53(2)47-32-46(38-23-7-9-24-39(38)50(47)51-40-25-10-6-21-36(40)37-22-8-15-30-45(37)52(51)53)49-43-28-13-11-26-41(43)48(42-27-12-14-29-44(42)49)35-20-16-19-34(31-35)33-17-4-3-5-18-33/h3-32H,1-2H3. The molecule has 53 heavy (non-hydrogen) atoms. The molecule has 0 heterocycles. The SMILES string of the molecule is CC1(C)c2cc(-c3c4ccccc4c(-c4cccc(-c5ccccc5)c4)c4ccccc34)c3ccccc3c2-c2c1c1ccccc1c1ccccc21. The predicted octanol–water partition coefficient (Wildman–Crippen LogP) is 14.8. The van der Waals surface area contributed by atoms with Gasteiger partial charge in [-0.2, -0.15) is 0 Å². The van der Waals surface area contributed by atoms with Crippen molar-refractivity contribution in [1.82, 2.24) is 0 Å². The normalized spacial score (nSPS) is 13.2. The lowest BCUT2D eigenvalue weighted by Gasteiger charge is -2.25. The van der Waals surface area contributed by atoms with E-state index in [9.17, 15) is 0 Å². The van der Waals surface area contributed by atoms with Gasteiger partial charge in [0.1, 0.15) is 0 Å². The van der Waals surface area contributed by atoms with Gasteiger partial charge in [-0.15, -0.1) is 0 Å². The summed E-state index contributed by atoms with van der Waals surface area (Å²) >= 11 is 0. The van der Waals surface area contributed by atoms with E-state index in [0.717, 1.165) is 0 Å². The summed E-state index contributed by atoms with van der Waals surface area (Å²) in [4.78, 5) is 0. The Labute approximate surface area is 309 Å². The highest BCUT2D eigenvalue weighted by molar-refractivity contribution is 6.26. The first-order chi connectivity index (χ1) is 26.1. The van der Waals surface area contributed by atoms with Gasteiger partial charge < -0.3 is 0 Å². The second kappa shape index (κ2) is 11.2. The minimum absolute atomic E-state index is 0.212. The summed E-state index contributed by atoms with van der Waals surface area (Å²) in [5.74, 6) is 0. The Balaban J connectivity index is 1.26. The molecule has 0 amide bonds. The van der Waals surface area contributed by atoms with Crippen LogP contribution in [-0.2, 0) is 5.41 Å². The molecule has 248 valence electrons. The van der Waals surface area contributed by atoms with Crippen LogP contribution in [0.25, 0.3) is 98.4 Å². The fourth-order valence-corrected chi connectivity index (χ4v) is 9.74. The van der Waals surface area contributed by atoms with E-state index in [1.165, 1.54) is 109 Å². The monoisotopic (exact) mass is 672 g/mol. The second-order valence-electron chi connectivity index (χ2n) is 15.1. The van der Waals surface area contributed by atoms with Crippen LogP contribution in [-0.4, -0.2) is 0 Å². The summed E-state index contributed by atoms with van der Waals surface area (Å²) in [5.41, 5.74) is 13.0. The van der Waals surface area contributed by atoms with Gasteiger partial charge in [-0.1, -0.05) is 184 Å². The van der Waals surface area contributed by atoms with Crippen LogP contribution >= 0.6 is 0 Å². The zero-order valence-electron chi connectivity index (χ0n) is 29.8. The van der Waals surface area contributed by atoms with E-state index in [0.29, 0.717) is 0 Å². The Kier molecular flexibility index (Phi) is 6.40. The Bertz CT molecular complexity index is 3070. The lowest BCUT2D eigenvalue weighted by atomic mass is 9.77. The Morgan fingerprint density at radius 1 is 0.283 bits per heavy atom. The number of hydrogen-bond donors (Lipinski definition) is 0. The minimum atomic E-state index is -0.212. The van der Waals surface area contributed by atoms with Crippen molar-refractivity contribution in [2.45, 2.75) is 19.3 Å². The van der Waals surface area contributed by atoms with E-state index in [4.69, 9.17) is 0 Å². The van der Waals surface area contributed by atoms with Crippen molar-refractivity contribution < 1.29 is 0 Å².